The highest BCUT2D eigenvalue weighted by molar-refractivity contribution is 7.99. The lowest BCUT2D eigenvalue weighted by Gasteiger charge is -2.13. The van der Waals surface area contributed by atoms with Crippen LogP contribution in [0.2, 0.25) is 0 Å². The Hall–Kier alpha value is -0.970. The Labute approximate surface area is 126 Å². The first-order valence-corrected chi connectivity index (χ1v) is 8.11. The predicted molar refractivity (Wildman–Crippen MR) is 76.7 cm³/mol. The van der Waals surface area contributed by atoms with Gasteiger partial charge in [0.1, 0.15) is 28.6 Å². The first-order valence-electron chi connectivity index (χ1n) is 6.42. The van der Waals surface area contributed by atoms with Crippen molar-refractivity contribution >= 4 is 33.3 Å². The lowest BCUT2D eigenvalue weighted by molar-refractivity contribution is -0.00810. The first-order chi connectivity index (χ1) is 10.1. The molecule has 2 aliphatic rings. The number of hydrogen-bond donors (Lipinski definition) is 4. The molecule has 2 aromatic heterocycles. The standard InChI is InChI=1S/C12H12N2O5S2/c15-2-4-7(16)8(17)11(19-4)21-12-13-9(18)6-3-1-5(3)20-10(6)14-12/h4,7-8,11,15-17H,1-2H2,(H,13,14,18). The van der Waals surface area contributed by atoms with Gasteiger partial charge in [0.15, 0.2) is 5.16 Å². The Morgan fingerprint density at radius 3 is 2.95 bits per heavy atom. The lowest BCUT2D eigenvalue weighted by Crippen LogP contribution is -2.33. The average Bonchev–Trinajstić information content (AvgIpc) is 3.03. The van der Waals surface area contributed by atoms with E-state index in [-0.39, 0.29) is 12.2 Å². The number of hydrogen-bond acceptors (Lipinski definition) is 8. The molecule has 4 N–H and O–H groups in total. The van der Waals surface area contributed by atoms with Gasteiger partial charge in [-0.3, -0.25) is 4.79 Å². The van der Waals surface area contributed by atoms with E-state index in [1.807, 2.05) is 0 Å². The third kappa shape index (κ3) is 2.12. The van der Waals surface area contributed by atoms with Crippen LogP contribution in [0.5, 0.6) is 0 Å². The number of thioether (sulfide) groups is 1. The van der Waals surface area contributed by atoms with Crippen LogP contribution in [0.15, 0.2) is 9.95 Å². The van der Waals surface area contributed by atoms with Crippen LogP contribution in [0, 0.1) is 0 Å². The summed E-state index contributed by atoms with van der Waals surface area (Å²) in [5.41, 5.74) is 0.108. The highest BCUT2D eigenvalue weighted by Gasteiger charge is 2.43. The van der Waals surface area contributed by atoms with Gasteiger partial charge in [-0.25, -0.2) is 4.98 Å². The van der Waals surface area contributed by atoms with Crippen molar-refractivity contribution in [3.05, 3.63) is 20.8 Å². The molecule has 0 amide bonds. The maximum absolute atomic E-state index is 12.1. The molecule has 1 fully saturated rings. The number of rotatable bonds is 3. The zero-order valence-corrected chi connectivity index (χ0v) is 12.3. The van der Waals surface area contributed by atoms with Gasteiger partial charge in [-0.1, -0.05) is 11.8 Å². The average molecular weight is 328 g/mol. The molecule has 0 bridgehead atoms. The number of ether oxygens (including phenoxy) is 1. The summed E-state index contributed by atoms with van der Waals surface area (Å²) >= 11 is 2.54. The van der Waals surface area contributed by atoms with Gasteiger partial charge in [0, 0.05) is 11.3 Å². The zero-order chi connectivity index (χ0) is 14.7. The van der Waals surface area contributed by atoms with Gasteiger partial charge in [-0.2, -0.15) is 0 Å². The Morgan fingerprint density at radius 2 is 2.24 bits per heavy atom. The summed E-state index contributed by atoms with van der Waals surface area (Å²) < 4.78 is 5.36. The van der Waals surface area contributed by atoms with Gasteiger partial charge in [-0.05, 0) is 5.56 Å². The van der Waals surface area contributed by atoms with Gasteiger partial charge in [-0.15, -0.1) is 11.3 Å². The Bertz CT molecular complexity index is 773. The van der Waals surface area contributed by atoms with E-state index in [1.54, 1.807) is 0 Å². The molecule has 4 unspecified atom stereocenters. The van der Waals surface area contributed by atoms with Crippen LogP contribution in [0.1, 0.15) is 10.4 Å². The van der Waals surface area contributed by atoms with Gasteiger partial charge < -0.3 is 25.0 Å². The molecule has 9 heteroatoms. The fourth-order valence-corrected chi connectivity index (χ4v) is 4.66. The van der Waals surface area contributed by atoms with E-state index < -0.39 is 23.7 Å². The van der Waals surface area contributed by atoms with Gasteiger partial charge >= 0.3 is 0 Å². The van der Waals surface area contributed by atoms with Gasteiger partial charge in [0.05, 0.1) is 12.0 Å². The van der Waals surface area contributed by atoms with Gasteiger partial charge in [0.2, 0.25) is 0 Å². The lowest BCUT2D eigenvalue weighted by atomic mass is 10.2. The van der Waals surface area contributed by atoms with E-state index in [2.05, 4.69) is 9.97 Å². The van der Waals surface area contributed by atoms with Crippen molar-refractivity contribution in [3.8, 4) is 0 Å². The fourth-order valence-electron chi connectivity index (χ4n) is 2.46. The maximum atomic E-state index is 12.1. The molecular weight excluding hydrogens is 316 g/mol. The molecule has 1 saturated heterocycles. The fraction of sp³-hybridized carbons (Fsp3) is 0.500. The number of thiophene rings is 1. The maximum Gasteiger partial charge on any atom is 0.260 e. The molecule has 2 aromatic rings. The van der Waals surface area contributed by atoms with Crippen LogP contribution in [-0.4, -0.2) is 55.6 Å². The number of aromatic nitrogens is 2. The van der Waals surface area contributed by atoms with Crippen molar-refractivity contribution in [2.75, 3.05) is 6.61 Å². The number of fused-ring (bicyclic) bond motifs is 3. The quantitative estimate of drug-likeness (QED) is 0.475. The molecule has 4 atom stereocenters. The molecular formula is C12H12N2O5S2. The van der Waals surface area contributed by atoms with Crippen LogP contribution < -0.4 is 5.56 Å². The number of aliphatic hydroxyl groups is 3. The van der Waals surface area contributed by atoms with E-state index in [9.17, 15) is 15.0 Å². The van der Waals surface area contributed by atoms with Crippen molar-refractivity contribution < 1.29 is 20.1 Å². The molecule has 0 saturated carbocycles. The molecule has 1 aliphatic carbocycles. The second-order valence-electron chi connectivity index (χ2n) is 5.06. The minimum Gasteiger partial charge on any atom is -0.394 e. The van der Waals surface area contributed by atoms with E-state index in [0.29, 0.717) is 15.4 Å². The highest BCUT2D eigenvalue weighted by atomic mass is 32.2. The summed E-state index contributed by atoms with van der Waals surface area (Å²) in [7, 11) is 0. The van der Waals surface area contributed by atoms with E-state index in [0.717, 1.165) is 23.7 Å². The van der Waals surface area contributed by atoms with Crippen LogP contribution >= 0.6 is 23.1 Å². The molecule has 1 aliphatic heterocycles. The third-order valence-corrected chi connectivity index (χ3v) is 5.83. The minimum absolute atomic E-state index is 0.191. The van der Waals surface area contributed by atoms with Crippen molar-refractivity contribution in [2.45, 2.75) is 35.3 Å². The van der Waals surface area contributed by atoms with Crippen molar-refractivity contribution in [1.82, 2.24) is 9.97 Å². The topological polar surface area (TPSA) is 116 Å². The second-order valence-corrected chi connectivity index (χ2v) is 7.23. The number of aromatic amines is 1. The summed E-state index contributed by atoms with van der Waals surface area (Å²) in [5.74, 6) is 0. The van der Waals surface area contributed by atoms with Crippen LogP contribution in [0.25, 0.3) is 10.2 Å². The van der Waals surface area contributed by atoms with Crippen molar-refractivity contribution in [1.29, 1.82) is 0 Å². The summed E-state index contributed by atoms with van der Waals surface area (Å²) in [6.07, 6.45) is -2.24. The van der Waals surface area contributed by atoms with Crippen molar-refractivity contribution in [2.24, 2.45) is 0 Å². The number of aliphatic hydroxyl groups excluding tert-OH is 3. The predicted octanol–water partition coefficient (Wildman–Crippen LogP) is -0.580. The molecule has 4 rings (SSSR count). The number of H-pyrrole nitrogens is 1. The number of nitrogens with zero attached hydrogens (tertiary/aromatic N) is 1. The number of nitrogens with one attached hydrogen (secondary N) is 1. The molecule has 0 spiro atoms. The SMILES string of the molecule is O=c1[nH]c(SC2OC(CO)C(O)C2O)nc2sc3c(c12)C3. The molecule has 112 valence electrons. The van der Waals surface area contributed by atoms with Crippen LogP contribution in [0.4, 0.5) is 0 Å². The summed E-state index contributed by atoms with van der Waals surface area (Å²) in [5, 5.41) is 29.6. The summed E-state index contributed by atoms with van der Waals surface area (Å²) in [6, 6.07) is 0. The Balaban J connectivity index is 1.62. The zero-order valence-electron chi connectivity index (χ0n) is 10.6. The molecule has 3 heterocycles. The summed E-state index contributed by atoms with van der Waals surface area (Å²) in [6.45, 7) is -0.379. The second kappa shape index (κ2) is 4.77. The third-order valence-electron chi connectivity index (χ3n) is 3.66. The Morgan fingerprint density at radius 1 is 1.43 bits per heavy atom. The largest absolute Gasteiger partial charge is 0.394 e. The normalized spacial score (nSPS) is 30.8. The molecule has 0 aromatic carbocycles. The van der Waals surface area contributed by atoms with Crippen LogP contribution in [0.3, 0.4) is 0 Å². The smallest absolute Gasteiger partial charge is 0.260 e. The van der Waals surface area contributed by atoms with Crippen LogP contribution in [-0.2, 0) is 11.2 Å². The van der Waals surface area contributed by atoms with Gasteiger partial charge in [0.25, 0.3) is 5.56 Å². The molecule has 7 nitrogen and oxygen atoms in total. The van der Waals surface area contributed by atoms with Crippen molar-refractivity contribution in [3.63, 3.8) is 0 Å². The monoisotopic (exact) mass is 328 g/mol. The molecule has 21 heavy (non-hydrogen) atoms. The molecule has 0 radical (unpaired) electrons. The highest BCUT2D eigenvalue weighted by Crippen LogP contribution is 2.41. The Kier molecular flexibility index (Phi) is 3.10. The van der Waals surface area contributed by atoms with E-state index in [1.165, 1.54) is 16.2 Å². The minimum atomic E-state index is -1.15. The van der Waals surface area contributed by atoms with E-state index >= 15 is 0 Å². The summed E-state index contributed by atoms with van der Waals surface area (Å²) in [4.78, 5) is 21.0. The van der Waals surface area contributed by atoms with E-state index in [4.69, 9.17) is 9.84 Å². The first kappa shape index (κ1) is 13.7.